The Morgan fingerprint density at radius 2 is 1.11 bits per heavy atom. The molecule has 0 unspecified atom stereocenters. The van der Waals surface area contributed by atoms with Crippen molar-refractivity contribution in [2.75, 3.05) is 0 Å². The van der Waals surface area contributed by atoms with Gasteiger partial charge in [0.25, 0.3) is 0 Å². The molecule has 0 saturated heterocycles. The summed E-state index contributed by atoms with van der Waals surface area (Å²) in [4.78, 5) is 12.2. The van der Waals surface area contributed by atoms with E-state index in [4.69, 9.17) is 0 Å². The van der Waals surface area contributed by atoms with Crippen LogP contribution in [0.3, 0.4) is 0 Å². The Balaban J connectivity index is 1.22. The molecule has 0 aliphatic heterocycles. The van der Waals surface area contributed by atoms with Gasteiger partial charge in [0.1, 0.15) is 5.82 Å². The van der Waals surface area contributed by atoms with Crippen molar-refractivity contribution in [3.05, 3.63) is 119 Å². The number of carbonyl (C=O) groups is 1. The normalized spacial score (nSPS) is 11.2. The van der Waals surface area contributed by atoms with E-state index in [0.717, 1.165) is 17.6 Å². The first-order valence-electron chi connectivity index (χ1n) is 13.3. The second kappa shape index (κ2) is 15.0. The van der Waals surface area contributed by atoms with Gasteiger partial charge in [-0.3, -0.25) is 4.79 Å². The van der Waals surface area contributed by atoms with Crippen molar-refractivity contribution in [1.82, 2.24) is 0 Å². The SMILES string of the molecule is C=C(C)c1ccc(CCCCCCCCCCc2ccc(/C=C/C(=O)c3ccc(F)cc3)cc2)cc1. The van der Waals surface area contributed by atoms with E-state index in [2.05, 4.69) is 62.0 Å². The Hall–Kier alpha value is -3.26. The Morgan fingerprint density at radius 1 is 0.667 bits per heavy atom. The van der Waals surface area contributed by atoms with E-state index in [1.807, 2.05) is 6.08 Å². The summed E-state index contributed by atoms with van der Waals surface area (Å²) < 4.78 is 13.0. The molecule has 0 aromatic heterocycles. The number of carbonyl (C=O) groups excluding carboxylic acids is 1. The summed E-state index contributed by atoms with van der Waals surface area (Å²) in [5.41, 5.74) is 6.63. The van der Waals surface area contributed by atoms with Crippen molar-refractivity contribution in [3.63, 3.8) is 0 Å². The highest BCUT2D eigenvalue weighted by Crippen LogP contribution is 2.16. The van der Waals surface area contributed by atoms with Crippen LogP contribution in [0.2, 0.25) is 0 Å². The largest absolute Gasteiger partial charge is 0.289 e. The molecule has 0 aliphatic rings. The third kappa shape index (κ3) is 9.77. The number of hydrogen-bond acceptors (Lipinski definition) is 1. The van der Waals surface area contributed by atoms with Crippen molar-refractivity contribution in [2.45, 2.75) is 71.1 Å². The lowest BCUT2D eigenvalue weighted by molar-refractivity contribution is 0.104. The smallest absolute Gasteiger partial charge is 0.185 e. The van der Waals surface area contributed by atoms with Gasteiger partial charge in [-0.1, -0.05) is 105 Å². The molecule has 2 heteroatoms. The van der Waals surface area contributed by atoms with Gasteiger partial charge in [-0.15, -0.1) is 0 Å². The van der Waals surface area contributed by atoms with Crippen molar-refractivity contribution >= 4 is 17.4 Å². The third-order valence-electron chi connectivity index (χ3n) is 6.66. The lowest BCUT2D eigenvalue weighted by Crippen LogP contribution is -1.93. The van der Waals surface area contributed by atoms with Crippen molar-refractivity contribution < 1.29 is 9.18 Å². The van der Waals surface area contributed by atoms with E-state index in [1.54, 1.807) is 6.08 Å². The van der Waals surface area contributed by atoms with Crippen LogP contribution in [-0.4, -0.2) is 5.78 Å². The van der Waals surface area contributed by atoms with E-state index in [1.165, 1.54) is 98.7 Å². The van der Waals surface area contributed by atoms with E-state index in [9.17, 15) is 9.18 Å². The quantitative estimate of drug-likeness (QED) is 0.120. The summed E-state index contributed by atoms with van der Waals surface area (Å²) in [6.45, 7) is 6.05. The van der Waals surface area contributed by atoms with Crippen molar-refractivity contribution in [1.29, 1.82) is 0 Å². The first-order chi connectivity index (χ1) is 17.5. The van der Waals surface area contributed by atoms with Gasteiger partial charge in [0.2, 0.25) is 0 Å². The zero-order chi connectivity index (χ0) is 25.6. The highest BCUT2D eigenvalue weighted by Gasteiger charge is 2.02. The molecule has 0 N–H and O–H groups in total. The molecule has 0 saturated carbocycles. The van der Waals surface area contributed by atoms with Crippen molar-refractivity contribution in [2.24, 2.45) is 0 Å². The summed E-state index contributed by atoms with van der Waals surface area (Å²) in [6, 6.07) is 22.9. The van der Waals surface area contributed by atoms with Gasteiger partial charge in [0.15, 0.2) is 5.78 Å². The molecule has 1 nitrogen and oxygen atoms in total. The maximum Gasteiger partial charge on any atom is 0.185 e. The molecule has 0 radical (unpaired) electrons. The van der Waals surface area contributed by atoms with Crippen LogP contribution in [0.15, 0.2) is 85.5 Å². The first-order valence-corrected chi connectivity index (χ1v) is 13.3. The van der Waals surface area contributed by atoms with Gasteiger partial charge in [0, 0.05) is 5.56 Å². The van der Waals surface area contributed by atoms with E-state index in [0.29, 0.717) is 5.56 Å². The molecule has 188 valence electrons. The summed E-state index contributed by atoms with van der Waals surface area (Å²) in [6.07, 6.45) is 16.1. The fourth-order valence-corrected chi connectivity index (χ4v) is 4.35. The molecule has 3 aromatic carbocycles. The predicted molar refractivity (Wildman–Crippen MR) is 152 cm³/mol. The van der Waals surface area contributed by atoms with Gasteiger partial charge in [-0.2, -0.15) is 0 Å². The molecule has 0 atom stereocenters. The monoisotopic (exact) mass is 482 g/mol. The summed E-state index contributed by atoms with van der Waals surface area (Å²) >= 11 is 0. The average molecular weight is 483 g/mol. The Kier molecular flexibility index (Phi) is 11.4. The van der Waals surface area contributed by atoms with Crippen LogP contribution in [0.25, 0.3) is 11.6 Å². The fraction of sp³-hybridized carbons (Fsp3) is 0.324. The summed E-state index contributed by atoms with van der Waals surface area (Å²) in [5, 5.41) is 0. The second-order valence-corrected chi connectivity index (χ2v) is 9.75. The van der Waals surface area contributed by atoms with Gasteiger partial charge in [-0.25, -0.2) is 4.39 Å². The van der Waals surface area contributed by atoms with Crippen LogP contribution in [-0.2, 0) is 12.8 Å². The number of ketones is 1. The minimum absolute atomic E-state index is 0.118. The molecular formula is C34H39FO. The number of hydrogen-bond donors (Lipinski definition) is 0. The maximum atomic E-state index is 13.0. The van der Waals surface area contributed by atoms with Crippen LogP contribution in [0.1, 0.15) is 90.9 Å². The molecule has 0 heterocycles. The first kappa shape index (κ1) is 27.3. The lowest BCUT2D eigenvalue weighted by atomic mass is 10.0. The van der Waals surface area contributed by atoms with Crippen LogP contribution in [0, 0.1) is 5.82 Å². The molecule has 3 rings (SSSR count). The van der Waals surface area contributed by atoms with Gasteiger partial charge in [-0.05, 0) is 85.2 Å². The Bertz CT molecular complexity index is 1110. The molecule has 0 bridgehead atoms. The number of aryl methyl sites for hydroxylation is 2. The predicted octanol–water partition coefficient (Wildman–Crippen LogP) is 9.66. The van der Waals surface area contributed by atoms with Crippen LogP contribution in [0.5, 0.6) is 0 Å². The zero-order valence-corrected chi connectivity index (χ0v) is 21.6. The number of rotatable bonds is 15. The second-order valence-electron chi connectivity index (χ2n) is 9.75. The minimum atomic E-state index is -0.334. The van der Waals surface area contributed by atoms with Crippen molar-refractivity contribution in [3.8, 4) is 0 Å². The van der Waals surface area contributed by atoms with E-state index < -0.39 is 0 Å². The standard InChI is InChI=1S/C34H39FO/c1-27(2)31-20-17-29(18-21-31)12-10-8-6-4-3-5-7-9-11-28-13-15-30(16-14-28)19-26-34(36)32-22-24-33(35)25-23-32/h13-26H,1,3-12H2,2H3/b26-19+. The summed E-state index contributed by atoms with van der Waals surface area (Å²) in [7, 11) is 0. The highest BCUT2D eigenvalue weighted by molar-refractivity contribution is 6.06. The summed E-state index contributed by atoms with van der Waals surface area (Å²) in [5.74, 6) is -0.452. The molecule has 36 heavy (non-hydrogen) atoms. The number of benzene rings is 3. The van der Waals surface area contributed by atoms with Gasteiger partial charge < -0.3 is 0 Å². The van der Waals surface area contributed by atoms with Crippen LogP contribution in [0.4, 0.5) is 4.39 Å². The third-order valence-corrected chi connectivity index (χ3v) is 6.66. The maximum absolute atomic E-state index is 13.0. The minimum Gasteiger partial charge on any atom is -0.289 e. The van der Waals surface area contributed by atoms with Crippen LogP contribution < -0.4 is 0 Å². The zero-order valence-electron chi connectivity index (χ0n) is 21.6. The van der Waals surface area contributed by atoms with E-state index in [-0.39, 0.29) is 11.6 Å². The van der Waals surface area contributed by atoms with Gasteiger partial charge in [0.05, 0.1) is 0 Å². The van der Waals surface area contributed by atoms with E-state index >= 15 is 0 Å². The molecule has 0 spiro atoms. The molecular weight excluding hydrogens is 443 g/mol. The molecule has 0 aliphatic carbocycles. The lowest BCUT2D eigenvalue weighted by Gasteiger charge is -2.05. The number of halogens is 1. The Morgan fingerprint density at radius 3 is 1.61 bits per heavy atom. The number of unbranched alkanes of at least 4 members (excludes halogenated alkanes) is 7. The Labute approximate surface area is 216 Å². The number of allylic oxidation sites excluding steroid dienone is 2. The molecule has 0 amide bonds. The molecule has 3 aromatic rings. The highest BCUT2D eigenvalue weighted by atomic mass is 19.1. The average Bonchev–Trinajstić information content (AvgIpc) is 2.89. The topological polar surface area (TPSA) is 17.1 Å². The van der Waals surface area contributed by atoms with Gasteiger partial charge >= 0.3 is 0 Å². The molecule has 0 fully saturated rings. The van der Waals surface area contributed by atoms with Crippen LogP contribution >= 0.6 is 0 Å². The fourth-order valence-electron chi connectivity index (χ4n) is 4.35.